The molecule has 0 heterocycles. The second-order valence-electron chi connectivity index (χ2n) is 3.93. The quantitative estimate of drug-likeness (QED) is 0.893. The number of halogens is 1. The summed E-state index contributed by atoms with van der Waals surface area (Å²) >= 11 is 3.42. The zero-order valence-electron chi connectivity index (χ0n) is 9.11. The van der Waals surface area contributed by atoms with E-state index in [9.17, 15) is 0 Å². The monoisotopic (exact) mass is 272 g/mol. The van der Waals surface area contributed by atoms with Gasteiger partial charge in [0.15, 0.2) is 0 Å². The predicted octanol–water partition coefficient (Wildman–Crippen LogP) is 3.09. The molecule has 0 saturated carbocycles. The first-order chi connectivity index (χ1) is 7.15. The average Bonchev–Trinajstić information content (AvgIpc) is 2.21. The van der Waals surface area contributed by atoms with Crippen LogP contribution in [0.3, 0.4) is 0 Å². The van der Waals surface area contributed by atoms with Crippen molar-refractivity contribution in [1.29, 1.82) is 0 Å². The molecule has 1 atom stereocenters. The highest BCUT2D eigenvalue weighted by Crippen LogP contribution is 2.24. The van der Waals surface area contributed by atoms with E-state index in [-0.39, 0.29) is 12.5 Å². The fourth-order valence-electron chi connectivity index (χ4n) is 1.21. The Hall–Kier alpha value is -0.540. The summed E-state index contributed by atoms with van der Waals surface area (Å²) in [6, 6.07) is 7.74. The standard InChI is InChI=1S/C12H17BrO2/c1-9(2)10(7-14)8-15-12-6-4-3-5-11(12)13/h3-6,9-10,14H,7-8H2,1-2H3. The van der Waals surface area contributed by atoms with E-state index in [1.54, 1.807) is 0 Å². The fraction of sp³-hybridized carbons (Fsp3) is 0.500. The topological polar surface area (TPSA) is 29.5 Å². The van der Waals surface area contributed by atoms with Crippen LogP contribution < -0.4 is 4.74 Å². The Kier molecular flexibility index (Phi) is 5.12. The van der Waals surface area contributed by atoms with Crippen molar-refractivity contribution in [2.75, 3.05) is 13.2 Å². The van der Waals surface area contributed by atoms with E-state index in [0.717, 1.165) is 10.2 Å². The minimum absolute atomic E-state index is 0.169. The number of ether oxygens (including phenoxy) is 1. The fourth-order valence-corrected chi connectivity index (χ4v) is 1.61. The molecule has 0 aliphatic heterocycles. The van der Waals surface area contributed by atoms with Crippen LogP contribution >= 0.6 is 15.9 Å². The molecule has 1 aromatic carbocycles. The first-order valence-electron chi connectivity index (χ1n) is 5.13. The van der Waals surface area contributed by atoms with Gasteiger partial charge < -0.3 is 9.84 Å². The lowest BCUT2D eigenvalue weighted by Gasteiger charge is -2.19. The zero-order valence-corrected chi connectivity index (χ0v) is 10.7. The molecule has 2 nitrogen and oxygen atoms in total. The zero-order chi connectivity index (χ0) is 11.3. The summed E-state index contributed by atoms with van der Waals surface area (Å²) in [5.74, 6) is 1.45. The molecule has 0 radical (unpaired) electrons. The number of hydrogen-bond donors (Lipinski definition) is 1. The van der Waals surface area contributed by atoms with Crippen molar-refractivity contribution < 1.29 is 9.84 Å². The summed E-state index contributed by atoms with van der Waals surface area (Å²) in [5.41, 5.74) is 0. The minimum atomic E-state index is 0.169. The Bertz CT molecular complexity index is 299. The van der Waals surface area contributed by atoms with Gasteiger partial charge in [0.1, 0.15) is 5.75 Å². The molecule has 0 saturated heterocycles. The normalized spacial score (nSPS) is 12.9. The number of aliphatic hydroxyl groups excluding tert-OH is 1. The summed E-state index contributed by atoms with van der Waals surface area (Å²) < 4.78 is 6.59. The van der Waals surface area contributed by atoms with Crippen molar-refractivity contribution in [3.05, 3.63) is 28.7 Å². The molecule has 0 bridgehead atoms. The Morgan fingerprint density at radius 2 is 2.00 bits per heavy atom. The van der Waals surface area contributed by atoms with E-state index in [0.29, 0.717) is 12.5 Å². The average molecular weight is 273 g/mol. The molecule has 0 fully saturated rings. The van der Waals surface area contributed by atoms with Gasteiger partial charge in [0.25, 0.3) is 0 Å². The molecular weight excluding hydrogens is 256 g/mol. The Morgan fingerprint density at radius 3 is 2.53 bits per heavy atom. The summed E-state index contributed by atoms with van der Waals surface area (Å²) in [7, 11) is 0. The second kappa shape index (κ2) is 6.13. The third-order valence-electron chi connectivity index (χ3n) is 2.47. The molecule has 0 aromatic heterocycles. The number of para-hydroxylation sites is 1. The maximum atomic E-state index is 9.15. The van der Waals surface area contributed by atoms with E-state index < -0.39 is 0 Å². The van der Waals surface area contributed by atoms with Crippen LogP contribution in [-0.4, -0.2) is 18.3 Å². The molecule has 1 unspecified atom stereocenters. The minimum Gasteiger partial charge on any atom is -0.492 e. The van der Waals surface area contributed by atoms with Gasteiger partial charge >= 0.3 is 0 Å². The van der Waals surface area contributed by atoms with Crippen LogP contribution in [0.25, 0.3) is 0 Å². The van der Waals surface area contributed by atoms with Crippen molar-refractivity contribution in [3.8, 4) is 5.75 Å². The van der Waals surface area contributed by atoms with Crippen LogP contribution in [0.2, 0.25) is 0 Å². The van der Waals surface area contributed by atoms with Crippen molar-refractivity contribution in [1.82, 2.24) is 0 Å². The van der Waals surface area contributed by atoms with Gasteiger partial charge in [-0.15, -0.1) is 0 Å². The third kappa shape index (κ3) is 3.84. The maximum Gasteiger partial charge on any atom is 0.133 e. The summed E-state index contributed by atoms with van der Waals surface area (Å²) in [6.07, 6.45) is 0. The number of hydrogen-bond acceptors (Lipinski definition) is 2. The molecule has 0 amide bonds. The van der Waals surface area contributed by atoms with Crippen molar-refractivity contribution in [2.45, 2.75) is 13.8 Å². The van der Waals surface area contributed by atoms with Gasteiger partial charge in [0.2, 0.25) is 0 Å². The van der Waals surface area contributed by atoms with Crippen LogP contribution in [0.4, 0.5) is 0 Å². The highest BCUT2D eigenvalue weighted by molar-refractivity contribution is 9.10. The molecule has 0 aliphatic rings. The molecule has 0 aliphatic carbocycles. The Morgan fingerprint density at radius 1 is 1.33 bits per heavy atom. The summed E-state index contributed by atoms with van der Waals surface area (Å²) in [6.45, 7) is 4.90. The van der Waals surface area contributed by atoms with Crippen molar-refractivity contribution in [3.63, 3.8) is 0 Å². The highest BCUT2D eigenvalue weighted by Gasteiger charge is 2.13. The first kappa shape index (κ1) is 12.5. The molecule has 15 heavy (non-hydrogen) atoms. The molecule has 1 rings (SSSR count). The maximum absolute atomic E-state index is 9.15. The summed E-state index contributed by atoms with van der Waals surface area (Å²) in [5, 5.41) is 9.15. The highest BCUT2D eigenvalue weighted by atomic mass is 79.9. The lowest BCUT2D eigenvalue weighted by molar-refractivity contribution is 0.129. The van der Waals surface area contributed by atoms with E-state index in [1.165, 1.54) is 0 Å². The van der Waals surface area contributed by atoms with Gasteiger partial charge in [-0.05, 0) is 34.0 Å². The van der Waals surface area contributed by atoms with E-state index in [1.807, 2.05) is 24.3 Å². The summed E-state index contributed by atoms with van der Waals surface area (Å²) in [4.78, 5) is 0. The van der Waals surface area contributed by atoms with Gasteiger partial charge in [0, 0.05) is 12.5 Å². The van der Waals surface area contributed by atoms with Gasteiger partial charge in [-0.1, -0.05) is 26.0 Å². The smallest absolute Gasteiger partial charge is 0.133 e. The van der Waals surface area contributed by atoms with Crippen LogP contribution in [-0.2, 0) is 0 Å². The van der Waals surface area contributed by atoms with Crippen molar-refractivity contribution >= 4 is 15.9 Å². The van der Waals surface area contributed by atoms with Crippen LogP contribution in [0.15, 0.2) is 28.7 Å². The van der Waals surface area contributed by atoms with Gasteiger partial charge in [-0.2, -0.15) is 0 Å². The molecule has 1 N–H and O–H groups in total. The SMILES string of the molecule is CC(C)C(CO)COc1ccccc1Br. The Balaban J connectivity index is 2.53. The second-order valence-corrected chi connectivity index (χ2v) is 4.78. The number of rotatable bonds is 5. The van der Waals surface area contributed by atoms with Crippen LogP contribution in [0.1, 0.15) is 13.8 Å². The van der Waals surface area contributed by atoms with E-state index >= 15 is 0 Å². The molecule has 3 heteroatoms. The van der Waals surface area contributed by atoms with Gasteiger partial charge in [-0.25, -0.2) is 0 Å². The lowest BCUT2D eigenvalue weighted by atomic mass is 9.98. The largest absolute Gasteiger partial charge is 0.492 e. The third-order valence-corrected chi connectivity index (χ3v) is 3.12. The van der Waals surface area contributed by atoms with E-state index in [4.69, 9.17) is 9.84 Å². The first-order valence-corrected chi connectivity index (χ1v) is 5.92. The number of benzene rings is 1. The van der Waals surface area contributed by atoms with Gasteiger partial charge in [-0.3, -0.25) is 0 Å². The molecule has 0 spiro atoms. The van der Waals surface area contributed by atoms with Gasteiger partial charge in [0.05, 0.1) is 11.1 Å². The van der Waals surface area contributed by atoms with Crippen molar-refractivity contribution in [2.24, 2.45) is 11.8 Å². The van der Waals surface area contributed by atoms with E-state index in [2.05, 4.69) is 29.8 Å². The lowest BCUT2D eigenvalue weighted by Crippen LogP contribution is -2.21. The Labute approximate surface area is 99.4 Å². The van der Waals surface area contributed by atoms with Crippen LogP contribution in [0, 0.1) is 11.8 Å². The molecule has 84 valence electrons. The molecular formula is C12H17BrO2. The molecule has 1 aromatic rings. The predicted molar refractivity (Wildman–Crippen MR) is 65.1 cm³/mol. The number of aliphatic hydroxyl groups is 1. The van der Waals surface area contributed by atoms with Crippen LogP contribution in [0.5, 0.6) is 5.75 Å².